The summed E-state index contributed by atoms with van der Waals surface area (Å²) in [7, 11) is 0. The van der Waals surface area contributed by atoms with Crippen molar-refractivity contribution < 1.29 is 94.2 Å². The van der Waals surface area contributed by atoms with Crippen molar-refractivity contribution in [1.29, 1.82) is 0 Å². The highest BCUT2D eigenvalue weighted by Crippen LogP contribution is 2.75. The first-order valence-corrected chi connectivity index (χ1v) is 23.6. The molecule has 0 amide bonds. The van der Waals surface area contributed by atoms with Crippen LogP contribution in [-0.4, -0.2) is 186 Å². The molecule has 25 atom stereocenters. The lowest BCUT2D eigenvalue weighted by Gasteiger charge is -2.71. The lowest BCUT2D eigenvalue weighted by atomic mass is 9.33. The number of aliphatic hydroxyl groups excluding tert-OH is 11. The van der Waals surface area contributed by atoms with Gasteiger partial charge in [-0.1, -0.05) is 51.5 Å². The minimum absolute atomic E-state index is 0.0654. The molecule has 3 saturated heterocycles. The topological polar surface area (TPSA) is 312 Å². The van der Waals surface area contributed by atoms with E-state index >= 15 is 0 Å². The van der Waals surface area contributed by atoms with Crippen LogP contribution in [0.15, 0.2) is 23.8 Å². The molecule has 0 radical (unpaired) electrons. The van der Waals surface area contributed by atoms with E-state index in [0.29, 0.717) is 51.4 Å². The number of ether oxygens (including phenoxy) is 6. The van der Waals surface area contributed by atoms with Crippen molar-refractivity contribution in [3.63, 3.8) is 0 Å². The summed E-state index contributed by atoms with van der Waals surface area (Å²) >= 11 is 0. The van der Waals surface area contributed by atoms with Crippen LogP contribution in [0.4, 0.5) is 0 Å². The highest BCUT2D eigenvalue weighted by atomic mass is 16.8. The van der Waals surface area contributed by atoms with E-state index in [1.165, 1.54) is 6.92 Å². The number of aldehydes is 1. The van der Waals surface area contributed by atoms with Gasteiger partial charge in [0.05, 0.1) is 42.4 Å². The number of hydrogen-bond acceptors (Lipinski definition) is 19. The Hall–Kier alpha value is -2.02. The van der Waals surface area contributed by atoms with Gasteiger partial charge < -0.3 is 89.4 Å². The van der Waals surface area contributed by atoms with E-state index in [0.717, 1.165) is 23.9 Å². The van der Waals surface area contributed by atoms with Crippen LogP contribution in [-0.2, 0) is 38.0 Å². The number of aliphatic hydroxyl groups is 11. The molecule has 0 spiro atoms. The van der Waals surface area contributed by atoms with Crippen LogP contribution in [0.2, 0.25) is 0 Å². The highest BCUT2D eigenvalue weighted by Gasteiger charge is 2.71. The number of rotatable bonds is 9. The zero-order chi connectivity index (χ0) is 48.2. The first-order chi connectivity index (χ1) is 30.9. The normalized spacial score (nSPS) is 55.0. The molecule has 0 aromatic rings. The first kappa shape index (κ1) is 50.4. The quantitative estimate of drug-likeness (QED) is 0.0739. The summed E-state index contributed by atoms with van der Waals surface area (Å²) < 4.78 is 34.5. The SMILES string of the molecule is C=C1CC[C@]2(C(=O)O[C@@H]3O[C@H](CO[C@@H]4O[C@H](CO)[C@@H](O[C@@H]5O[C@@H](C)[C@H](O)[C@@H](O)[C@H]5O)[C@H](O)[C@H]4O)[C@@H](O)[C@H](O)[C@H]3O)CC[C@]3(C)C(=CC[C@@H]4[C@@]5(C)C[C@@H](O)[C@H](O)[C@@](C)(C=O)[C@@H]5CC[C@]43C)[C@@H]2C1. The molecule has 66 heavy (non-hydrogen) atoms. The third-order valence-corrected chi connectivity index (χ3v) is 18.6. The van der Waals surface area contributed by atoms with Crippen LogP contribution in [0.5, 0.6) is 0 Å². The van der Waals surface area contributed by atoms with Crippen molar-refractivity contribution in [2.75, 3.05) is 13.2 Å². The van der Waals surface area contributed by atoms with Gasteiger partial charge in [-0.15, -0.1) is 0 Å². The minimum Gasteiger partial charge on any atom is -0.432 e. The molecule has 5 aliphatic carbocycles. The molecule has 0 aromatic carbocycles. The molecule has 374 valence electrons. The second-order valence-corrected chi connectivity index (χ2v) is 21.9. The lowest BCUT2D eigenvalue weighted by molar-refractivity contribution is -0.361. The first-order valence-electron chi connectivity index (χ1n) is 23.6. The molecule has 0 unspecified atom stereocenters. The van der Waals surface area contributed by atoms with E-state index in [1.807, 2.05) is 0 Å². The van der Waals surface area contributed by atoms with Gasteiger partial charge in [0, 0.05) is 5.92 Å². The Labute approximate surface area is 384 Å². The summed E-state index contributed by atoms with van der Waals surface area (Å²) in [4.78, 5) is 27.5. The van der Waals surface area contributed by atoms with Gasteiger partial charge in [0.2, 0.25) is 6.29 Å². The molecule has 4 saturated carbocycles. The maximum atomic E-state index is 14.8. The fraction of sp³-hybridized carbons (Fsp3) is 0.872. The third-order valence-electron chi connectivity index (χ3n) is 18.6. The van der Waals surface area contributed by atoms with Crippen molar-refractivity contribution in [3.8, 4) is 0 Å². The molecule has 19 nitrogen and oxygen atoms in total. The Bertz CT molecular complexity index is 1860. The second kappa shape index (κ2) is 18.0. The minimum atomic E-state index is -1.88. The van der Waals surface area contributed by atoms with Gasteiger partial charge >= 0.3 is 5.97 Å². The van der Waals surface area contributed by atoms with Crippen LogP contribution in [0.1, 0.15) is 92.4 Å². The molecule has 7 fully saturated rings. The second-order valence-electron chi connectivity index (χ2n) is 21.9. The summed E-state index contributed by atoms with van der Waals surface area (Å²) in [6.45, 7) is 12.8. The number of carbonyl (C=O) groups is 2. The Kier molecular flexibility index (Phi) is 13.7. The number of esters is 1. The number of carbonyl (C=O) groups excluding carboxylic acids is 2. The number of hydrogen-bond donors (Lipinski definition) is 11. The summed E-state index contributed by atoms with van der Waals surface area (Å²) in [6, 6.07) is 0. The van der Waals surface area contributed by atoms with Gasteiger partial charge in [-0.05, 0) is 92.8 Å². The van der Waals surface area contributed by atoms with E-state index in [4.69, 9.17) is 28.4 Å². The third kappa shape index (κ3) is 7.61. The Balaban J connectivity index is 0.972. The van der Waals surface area contributed by atoms with Crippen LogP contribution in [0, 0.1) is 44.8 Å². The lowest BCUT2D eigenvalue weighted by Crippen LogP contribution is -2.67. The summed E-state index contributed by atoms with van der Waals surface area (Å²) in [5, 5.41) is 118. The van der Waals surface area contributed by atoms with Crippen LogP contribution >= 0.6 is 0 Å². The average molecular weight is 941 g/mol. The molecule has 8 rings (SSSR count). The fourth-order valence-corrected chi connectivity index (χ4v) is 14.4. The van der Waals surface area contributed by atoms with Crippen LogP contribution in [0.25, 0.3) is 0 Å². The maximum Gasteiger partial charge on any atom is 0.315 e. The molecule has 3 aliphatic heterocycles. The van der Waals surface area contributed by atoms with Gasteiger partial charge in [0.1, 0.15) is 73.4 Å². The summed E-state index contributed by atoms with van der Waals surface area (Å²) in [5.74, 6) is -1.03. The maximum absolute atomic E-state index is 14.8. The van der Waals surface area contributed by atoms with E-state index in [1.54, 1.807) is 6.92 Å². The van der Waals surface area contributed by atoms with Crippen molar-refractivity contribution >= 4 is 12.3 Å². The molecule has 3 heterocycles. The molecule has 11 N–H and O–H groups in total. The number of allylic oxidation sites excluding steroid dienone is 3. The molecule has 0 bridgehead atoms. The van der Waals surface area contributed by atoms with E-state index < -0.39 is 145 Å². The standard InChI is InChI=1S/C47H72O19/c1-20-9-12-47(14-13-45(5)22(23(47)15-20)7-8-28-43(3)16-24(50)38(59)44(4,19-49)27(43)10-11-46(28,45)6)42(60)66-41-35(57)32(54)30(52)26(64-41)18-61-39-36(58)33(55)37(25(17-48)63-39)65-40-34(56)31(53)29(51)21(2)62-40/h7,19,21,23-41,48,50-59H,1,8-18H2,2-6H3/t21-,23-,24+,25+,26+,27+,28+,29-,30+,31+,32-,33+,34+,35+,36+,37+,38-,39+,40-,41-,43-,44-,45+,46+,47-/m0/s1. The van der Waals surface area contributed by atoms with Gasteiger partial charge in [0.15, 0.2) is 12.6 Å². The molecular weight excluding hydrogens is 868 g/mol. The predicted molar refractivity (Wildman–Crippen MR) is 226 cm³/mol. The van der Waals surface area contributed by atoms with Crippen LogP contribution < -0.4 is 0 Å². The van der Waals surface area contributed by atoms with E-state index in [-0.39, 0.29) is 23.2 Å². The van der Waals surface area contributed by atoms with Crippen molar-refractivity contribution in [2.45, 2.75) is 197 Å². The zero-order valence-electron chi connectivity index (χ0n) is 38.4. The zero-order valence-corrected chi connectivity index (χ0v) is 38.4. The Morgan fingerprint density at radius 2 is 1.44 bits per heavy atom. The van der Waals surface area contributed by atoms with E-state index in [2.05, 4.69) is 33.4 Å². The Morgan fingerprint density at radius 3 is 2.12 bits per heavy atom. The highest BCUT2D eigenvalue weighted by molar-refractivity contribution is 5.79. The summed E-state index contributed by atoms with van der Waals surface area (Å²) in [6.07, 6.45) is -18.6. The summed E-state index contributed by atoms with van der Waals surface area (Å²) in [5.41, 5.74) is -1.20. The monoisotopic (exact) mass is 940 g/mol. The molecule has 19 heteroatoms. The average Bonchev–Trinajstić information content (AvgIpc) is 3.28. The number of fused-ring (bicyclic) bond motifs is 7. The Morgan fingerprint density at radius 1 is 0.788 bits per heavy atom. The predicted octanol–water partition coefficient (Wildman–Crippen LogP) is -1.15. The molecular formula is C47H72O19. The fourth-order valence-electron chi connectivity index (χ4n) is 14.4. The van der Waals surface area contributed by atoms with Crippen molar-refractivity contribution in [1.82, 2.24) is 0 Å². The largest absolute Gasteiger partial charge is 0.432 e. The smallest absolute Gasteiger partial charge is 0.315 e. The van der Waals surface area contributed by atoms with Crippen LogP contribution in [0.3, 0.4) is 0 Å². The van der Waals surface area contributed by atoms with Crippen molar-refractivity contribution in [2.24, 2.45) is 44.8 Å². The van der Waals surface area contributed by atoms with Gasteiger partial charge in [-0.3, -0.25) is 4.79 Å². The van der Waals surface area contributed by atoms with Gasteiger partial charge in [-0.2, -0.15) is 0 Å². The van der Waals surface area contributed by atoms with Crippen molar-refractivity contribution in [3.05, 3.63) is 23.8 Å². The van der Waals surface area contributed by atoms with E-state index in [9.17, 15) is 65.8 Å². The molecule has 0 aromatic heterocycles. The molecule has 8 aliphatic rings. The van der Waals surface area contributed by atoms with Gasteiger partial charge in [-0.25, -0.2) is 0 Å². The van der Waals surface area contributed by atoms with Gasteiger partial charge in [0.25, 0.3) is 0 Å².